The zero-order valence-electron chi connectivity index (χ0n) is 12.7. The molecular weight excluding hydrogens is 405 g/mol. The monoisotopic (exact) mass is 421 g/mol. The molecule has 2 aromatic carbocycles. The molecule has 2 aromatic rings. The van der Waals surface area contributed by atoms with E-state index in [-0.39, 0.29) is 0 Å². The zero-order valence-corrected chi connectivity index (χ0v) is 14.8. The number of nitrogens with zero attached hydrogens (tertiary/aromatic N) is 1. The van der Waals surface area contributed by atoms with E-state index < -0.39 is 5.97 Å². The van der Waals surface area contributed by atoms with E-state index in [0.29, 0.717) is 11.3 Å². The van der Waals surface area contributed by atoms with Gasteiger partial charge in [0.1, 0.15) is 5.75 Å². The van der Waals surface area contributed by atoms with Crippen molar-refractivity contribution < 1.29 is 14.7 Å². The summed E-state index contributed by atoms with van der Waals surface area (Å²) in [5.41, 5.74) is 4.19. The van der Waals surface area contributed by atoms with Gasteiger partial charge in [0.25, 0.3) is 0 Å². The minimum absolute atomic E-state index is 0.292. The van der Waals surface area contributed by atoms with E-state index in [2.05, 4.69) is 27.7 Å². The summed E-state index contributed by atoms with van der Waals surface area (Å²) in [6.07, 6.45) is 2.59. The molecule has 1 aliphatic carbocycles. The average molecular weight is 421 g/mol. The first-order valence-corrected chi connectivity index (χ1v) is 8.50. The Hall–Kier alpha value is -1.89. The minimum Gasteiger partial charge on any atom is -0.508 e. The lowest BCUT2D eigenvalue weighted by Gasteiger charge is -2.19. The Morgan fingerprint density at radius 1 is 1.22 bits per heavy atom. The van der Waals surface area contributed by atoms with Crippen LogP contribution in [0.25, 0.3) is 0 Å². The van der Waals surface area contributed by atoms with Crippen molar-refractivity contribution in [1.82, 2.24) is 0 Å². The molecule has 5 heteroatoms. The van der Waals surface area contributed by atoms with Crippen molar-refractivity contribution in [1.29, 1.82) is 0 Å². The number of halogens is 1. The van der Waals surface area contributed by atoms with Gasteiger partial charge >= 0.3 is 5.97 Å². The third-order valence-electron chi connectivity index (χ3n) is 4.05. The largest absolute Gasteiger partial charge is 0.508 e. The molecule has 0 aromatic heterocycles. The Morgan fingerprint density at radius 3 is 2.78 bits per heavy atom. The smallest absolute Gasteiger partial charge is 0.366 e. The van der Waals surface area contributed by atoms with Crippen LogP contribution >= 0.6 is 22.6 Å². The highest BCUT2D eigenvalue weighted by Crippen LogP contribution is 2.30. The van der Waals surface area contributed by atoms with Gasteiger partial charge < -0.3 is 9.94 Å². The van der Waals surface area contributed by atoms with Gasteiger partial charge in [-0.25, -0.2) is 4.79 Å². The van der Waals surface area contributed by atoms with E-state index in [1.807, 2.05) is 25.1 Å². The molecule has 118 valence electrons. The van der Waals surface area contributed by atoms with Crippen LogP contribution in [0.2, 0.25) is 0 Å². The summed E-state index contributed by atoms with van der Waals surface area (Å²) < 4.78 is 0.833. The highest BCUT2D eigenvalue weighted by atomic mass is 127. The van der Waals surface area contributed by atoms with E-state index in [0.717, 1.165) is 45.2 Å². The molecule has 3 rings (SSSR count). The second-order valence-corrected chi connectivity index (χ2v) is 6.65. The summed E-state index contributed by atoms with van der Waals surface area (Å²) in [4.78, 5) is 17.3. The number of phenolic OH excluding ortho intramolecular Hbond substituents is 1. The molecular formula is C18H16INO3. The van der Waals surface area contributed by atoms with Gasteiger partial charge in [0.05, 0.1) is 11.3 Å². The number of benzene rings is 2. The SMILES string of the molecule is Cc1c(O)ccc2c1CCCC2=NOC(=O)c1ccccc1I. The highest BCUT2D eigenvalue weighted by molar-refractivity contribution is 14.1. The second-order valence-electron chi connectivity index (χ2n) is 5.49. The molecule has 0 saturated heterocycles. The van der Waals surface area contributed by atoms with E-state index in [4.69, 9.17) is 4.84 Å². The standard InChI is InChI=1S/C18H16INO3/c1-11-12-6-4-8-16(13(12)9-10-17(11)21)20-23-18(22)14-5-2-3-7-15(14)19/h2-3,5,7,9-10,21H,4,6,8H2,1H3. The molecule has 0 fully saturated rings. The van der Waals surface area contributed by atoms with Crippen LogP contribution < -0.4 is 0 Å². The molecule has 0 atom stereocenters. The van der Waals surface area contributed by atoms with Crippen molar-refractivity contribution >= 4 is 34.3 Å². The summed E-state index contributed by atoms with van der Waals surface area (Å²) in [6, 6.07) is 10.8. The Labute approximate surface area is 148 Å². The molecule has 4 nitrogen and oxygen atoms in total. The van der Waals surface area contributed by atoms with Crippen LogP contribution in [0.1, 0.15) is 39.9 Å². The van der Waals surface area contributed by atoms with Crippen molar-refractivity contribution in [2.24, 2.45) is 5.16 Å². The van der Waals surface area contributed by atoms with Crippen molar-refractivity contribution in [2.45, 2.75) is 26.2 Å². The number of carbonyl (C=O) groups excluding carboxylic acids is 1. The van der Waals surface area contributed by atoms with Gasteiger partial charge in [0.2, 0.25) is 0 Å². The summed E-state index contributed by atoms with van der Waals surface area (Å²) >= 11 is 2.10. The van der Waals surface area contributed by atoms with Crippen LogP contribution in [0, 0.1) is 10.5 Å². The second kappa shape index (κ2) is 6.70. The third kappa shape index (κ3) is 3.24. The molecule has 0 aliphatic heterocycles. The molecule has 0 spiro atoms. The lowest BCUT2D eigenvalue weighted by Crippen LogP contribution is -2.15. The number of rotatable bonds is 2. The van der Waals surface area contributed by atoms with Gasteiger partial charge in [0.15, 0.2) is 0 Å². The number of fused-ring (bicyclic) bond motifs is 1. The van der Waals surface area contributed by atoms with E-state index in [1.165, 1.54) is 0 Å². The fourth-order valence-electron chi connectivity index (χ4n) is 2.77. The maximum atomic E-state index is 12.2. The Kier molecular flexibility index (Phi) is 4.66. The molecule has 0 bridgehead atoms. The molecule has 1 N–H and O–H groups in total. The van der Waals surface area contributed by atoms with Crippen LogP contribution in [0.5, 0.6) is 5.75 Å². The quantitative estimate of drug-likeness (QED) is 0.449. The Balaban J connectivity index is 1.87. The zero-order chi connectivity index (χ0) is 16.4. The van der Waals surface area contributed by atoms with Crippen LogP contribution in [0.3, 0.4) is 0 Å². The first-order valence-electron chi connectivity index (χ1n) is 7.42. The fraction of sp³-hybridized carbons (Fsp3) is 0.222. The van der Waals surface area contributed by atoms with Crippen molar-refractivity contribution in [2.75, 3.05) is 0 Å². The summed E-state index contributed by atoms with van der Waals surface area (Å²) in [5, 5.41) is 13.9. The summed E-state index contributed by atoms with van der Waals surface area (Å²) in [5.74, 6) is -0.161. The molecule has 0 saturated carbocycles. The van der Waals surface area contributed by atoms with Crippen LogP contribution in [-0.2, 0) is 11.3 Å². The predicted octanol–water partition coefficient (Wildman–Crippen LogP) is 4.20. The number of aromatic hydroxyl groups is 1. The van der Waals surface area contributed by atoms with Crippen LogP contribution in [-0.4, -0.2) is 16.8 Å². The maximum Gasteiger partial charge on any atom is 0.366 e. The third-order valence-corrected chi connectivity index (χ3v) is 4.99. The van der Waals surface area contributed by atoms with Gasteiger partial charge in [-0.05, 0) is 84.2 Å². The number of hydrogen-bond donors (Lipinski definition) is 1. The molecule has 0 radical (unpaired) electrons. The fourth-order valence-corrected chi connectivity index (χ4v) is 3.38. The lowest BCUT2D eigenvalue weighted by atomic mass is 9.87. The van der Waals surface area contributed by atoms with Crippen molar-refractivity contribution in [3.8, 4) is 5.75 Å². The molecule has 0 heterocycles. The first kappa shape index (κ1) is 16.0. The summed E-state index contributed by atoms with van der Waals surface area (Å²) in [7, 11) is 0. The Morgan fingerprint density at radius 2 is 2.00 bits per heavy atom. The summed E-state index contributed by atoms with van der Waals surface area (Å²) in [6.45, 7) is 1.90. The van der Waals surface area contributed by atoms with E-state index >= 15 is 0 Å². The first-order chi connectivity index (χ1) is 11.1. The number of oxime groups is 1. The van der Waals surface area contributed by atoms with Crippen molar-refractivity contribution in [3.63, 3.8) is 0 Å². The predicted molar refractivity (Wildman–Crippen MR) is 96.9 cm³/mol. The van der Waals surface area contributed by atoms with Crippen LogP contribution in [0.15, 0.2) is 41.6 Å². The van der Waals surface area contributed by atoms with Gasteiger partial charge in [0, 0.05) is 9.13 Å². The van der Waals surface area contributed by atoms with Gasteiger partial charge in [-0.15, -0.1) is 0 Å². The average Bonchev–Trinajstić information content (AvgIpc) is 2.56. The van der Waals surface area contributed by atoms with Gasteiger partial charge in [-0.1, -0.05) is 17.3 Å². The minimum atomic E-state index is -0.454. The normalized spacial score (nSPS) is 15.3. The number of carbonyl (C=O) groups is 1. The Bertz CT molecular complexity index is 799. The van der Waals surface area contributed by atoms with Gasteiger partial charge in [-0.3, -0.25) is 0 Å². The van der Waals surface area contributed by atoms with E-state index in [9.17, 15) is 9.90 Å². The van der Waals surface area contributed by atoms with Crippen molar-refractivity contribution in [3.05, 3.63) is 62.2 Å². The number of hydrogen-bond acceptors (Lipinski definition) is 4. The highest BCUT2D eigenvalue weighted by Gasteiger charge is 2.20. The molecule has 1 aliphatic rings. The van der Waals surface area contributed by atoms with E-state index in [1.54, 1.807) is 18.2 Å². The molecule has 0 amide bonds. The lowest BCUT2D eigenvalue weighted by molar-refractivity contribution is 0.0514. The van der Waals surface area contributed by atoms with Crippen LogP contribution in [0.4, 0.5) is 0 Å². The number of phenols is 1. The molecule has 23 heavy (non-hydrogen) atoms. The maximum absolute atomic E-state index is 12.2. The topological polar surface area (TPSA) is 58.9 Å². The molecule has 0 unspecified atom stereocenters. The van der Waals surface area contributed by atoms with Gasteiger partial charge in [-0.2, -0.15) is 0 Å².